The van der Waals surface area contributed by atoms with E-state index in [-0.39, 0.29) is 11.8 Å². The Bertz CT molecular complexity index is 625. The smallest absolute Gasteiger partial charge is 0.311 e. The molecule has 1 aliphatic rings. The lowest BCUT2D eigenvalue weighted by Crippen LogP contribution is -2.34. The normalized spacial score (nSPS) is 29.8. The number of ether oxygens (including phenoxy) is 1. The van der Waals surface area contributed by atoms with E-state index in [2.05, 4.69) is 16.7 Å². The van der Waals surface area contributed by atoms with E-state index in [0.717, 1.165) is 15.9 Å². The number of thiazole rings is 1. The van der Waals surface area contributed by atoms with Crippen molar-refractivity contribution in [3.8, 4) is 0 Å². The molecule has 0 aromatic carbocycles. The van der Waals surface area contributed by atoms with Crippen molar-refractivity contribution in [2.45, 2.75) is 31.5 Å². The van der Waals surface area contributed by atoms with E-state index in [0.29, 0.717) is 4.88 Å². The Morgan fingerprint density at radius 2 is 2.19 bits per heavy atom. The Balaban J connectivity index is 2.50. The van der Waals surface area contributed by atoms with Crippen LogP contribution in [0.25, 0.3) is 0 Å². The molecule has 0 unspecified atom stereocenters. The molecule has 1 aromatic rings. The van der Waals surface area contributed by atoms with Gasteiger partial charge >= 0.3 is 4.87 Å². The van der Waals surface area contributed by atoms with Crippen molar-refractivity contribution in [3.63, 3.8) is 0 Å². The Kier molecular flexibility index (Phi) is 4.54. The molecule has 9 nitrogen and oxygen atoms in total. The summed E-state index contributed by atoms with van der Waals surface area (Å²) in [5.41, 5.74) is 5.48. The molecule has 0 radical (unpaired) electrons. The summed E-state index contributed by atoms with van der Waals surface area (Å²) in [5, 5.41) is 28.9. The first kappa shape index (κ1) is 15.8. The average molecular weight is 316 g/mol. The maximum Gasteiger partial charge on any atom is 0.311 e. The minimum Gasteiger partial charge on any atom is -0.394 e. The highest BCUT2D eigenvalue weighted by Gasteiger charge is 2.44. The van der Waals surface area contributed by atoms with Crippen LogP contribution in [0.4, 0.5) is 5.82 Å². The SMILES string of the molecule is C=N/C(N)=N\c1c(C)sc(=O)n1[C@@H]1O[C@H](CO)[C@@H](O)[C@H]1O. The molecule has 2 heterocycles. The second-order valence-electron chi connectivity index (χ2n) is 4.47. The molecule has 21 heavy (non-hydrogen) atoms. The van der Waals surface area contributed by atoms with Gasteiger partial charge in [-0.05, 0) is 13.6 Å². The van der Waals surface area contributed by atoms with Gasteiger partial charge in [-0.25, -0.2) is 4.99 Å². The van der Waals surface area contributed by atoms with Crippen LogP contribution in [0.2, 0.25) is 0 Å². The number of hydrogen-bond acceptors (Lipinski definition) is 7. The Labute approximate surface area is 123 Å². The van der Waals surface area contributed by atoms with Crippen LogP contribution in [0.15, 0.2) is 14.8 Å². The lowest BCUT2D eigenvalue weighted by Gasteiger charge is -2.17. The quantitative estimate of drug-likeness (QED) is 0.394. The number of aliphatic imine (C=N–C) groups is 2. The van der Waals surface area contributed by atoms with Gasteiger partial charge in [-0.1, -0.05) is 11.3 Å². The minimum absolute atomic E-state index is 0.142. The van der Waals surface area contributed by atoms with Gasteiger partial charge in [-0.3, -0.25) is 9.36 Å². The van der Waals surface area contributed by atoms with Gasteiger partial charge in [-0.15, -0.1) is 0 Å². The van der Waals surface area contributed by atoms with E-state index in [1.54, 1.807) is 6.92 Å². The minimum atomic E-state index is -1.37. The third kappa shape index (κ3) is 2.76. The third-order valence-electron chi connectivity index (χ3n) is 3.13. The predicted molar refractivity (Wildman–Crippen MR) is 77.2 cm³/mol. The van der Waals surface area contributed by atoms with Crippen LogP contribution in [-0.4, -0.2) is 57.5 Å². The average Bonchev–Trinajstić information content (AvgIpc) is 2.88. The summed E-state index contributed by atoms with van der Waals surface area (Å²) in [7, 11) is 0. The molecule has 1 aliphatic heterocycles. The lowest BCUT2D eigenvalue weighted by molar-refractivity contribution is -0.0528. The van der Waals surface area contributed by atoms with Gasteiger partial charge in [-0.2, -0.15) is 4.99 Å². The molecule has 10 heteroatoms. The van der Waals surface area contributed by atoms with Crippen LogP contribution in [0.3, 0.4) is 0 Å². The van der Waals surface area contributed by atoms with Gasteiger partial charge in [0.15, 0.2) is 12.0 Å². The van der Waals surface area contributed by atoms with Gasteiger partial charge in [0.25, 0.3) is 0 Å². The van der Waals surface area contributed by atoms with Crippen LogP contribution < -0.4 is 10.6 Å². The fourth-order valence-corrected chi connectivity index (χ4v) is 2.86. The number of aromatic nitrogens is 1. The fourth-order valence-electron chi connectivity index (χ4n) is 2.08. The fraction of sp³-hybridized carbons (Fsp3) is 0.545. The number of nitrogens with two attached hydrogens (primary N) is 1. The Hall–Kier alpha value is -1.59. The molecule has 1 fully saturated rings. The standard InChI is InChI=1S/C11H16N4O5S/c1-4-8(14-10(12)13-2)15(11(19)21-4)9-7(18)6(17)5(3-16)20-9/h5-7,9,16-18H,2-3H2,1H3,(H2,12,14)/t5-,6-,7-,9-/m1/s1. The Morgan fingerprint density at radius 3 is 2.71 bits per heavy atom. The molecule has 4 atom stereocenters. The molecular formula is C11H16N4O5S. The van der Waals surface area contributed by atoms with Crippen molar-refractivity contribution < 1.29 is 20.1 Å². The highest BCUT2D eigenvalue weighted by molar-refractivity contribution is 7.09. The van der Waals surface area contributed by atoms with E-state index < -0.39 is 36.0 Å². The molecule has 0 bridgehead atoms. The summed E-state index contributed by atoms with van der Waals surface area (Å²) in [4.78, 5) is 19.6. The van der Waals surface area contributed by atoms with Crippen molar-refractivity contribution in [2.24, 2.45) is 15.7 Å². The highest BCUT2D eigenvalue weighted by Crippen LogP contribution is 2.33. The van der Waals surface area contributed by atoms with Crippen LogP contribution in [0.5, 0.6) is 0 Å². The maximum absolute atomic E-state index is 12.1. The van der Waals surface area contributed by atoms with Crippen molar-refractivity contribution >= 4 is 29.8 Å². The van der Waals surface area contributed by atoms with Crippen molar-refractivity contribution in [2.75, 3.05) is 6.61 Å². The first-order chi connectivity index (χ1) is 9.90. The van der Waals surface area contributed by atoms with E-state index >= 15 is 0 Å². The largest absolute Gasteiger partial charge is 0.394 e. The van der Waals surface area contributed by atoms with Gasteiger partial charge < -0.3 is 25.8 Å². The summed E-state index contributed by atoms with van der Waals surface area (Å²) in [6.45, 7) is 4.40. The molecule has 1 aromatic heterocycles. The summed E-state index contributed by atoms with van der Waals surface area (Å²) in [6.07, 6.45) is -4.82. The molecule has 1 saturated heterocycles. The van der Waals surface area contributed by atoms with Crippen molar-refractivity contribution in [1.82, 2.24) is 4.57 Å². The van der Waals surface area contributed by atoms with Gasteiger partial charge in [0.1, 0.15) is 18.3 Å². The van der Waals surface area contributed by atoms with Crippen molar-refractivity contribution in [3.05, 3.63) is 14.5 Å². The number of hydrogen-bond donors (Lipinski definition) is 4. The molecule has 116 valence electrons. The zero-order chi connectivity index (χ0) is 15.7. The van der Waals surface area contributed by atoms with E-state index in [9.17, 15) is 15.0 Å². The van der Waals surface area contributed by atoms with E-state index in [4.69, 9.17) is 15.6 Å². The number of aryl methyl sites for hydroxylation is 1. The molecule has 5 N–H and O–H groups in total. The van der Waals surface area contributed by atoms with Crippen LogP contribution in [0.1, 0.15) is 11.1 Å². The van der Waals surface area contributed by atoms with Crippen molar-refractivity contribution in [1.29, 1.82) is 0 Å². The molecule has 0 saturated carbocycles. The lowest BCUT2D eigenvalue weighted by atomic mass is 10.1. The Morgan fingerprint density at radius 1 is 1.52 bits per heavy atom. The molecule has 0 aliphatic carbocycles. The van der Waals surface area contributed by atoms with Gasteiger partial charge in [0, 0.05) is 4.88 Å². The summed E-state index contributed by atoms with van der Waals surface area (Å²) in [5.74, 6) is 0.0288. The van der Waals surface area contributed by atoms with E-state index in [1.807, 2.05) is 0 Å². The molecule has 2 rings (SSSR count). The second kappa shape index (κ2) is 6.03. The topological polar surface area (TPSA) is 143 Å². The summed E-state index contributed by atoms with van der Waals surface area (Å²) < 4.78 is 6.42. The monoisotopic (exact) mass is 316 g/mol. The number of aliphatic hydroxyl groups excluding tert-OH is 3. The first-order valence-corrected chi connectivity index (χ1v) is 6.87. The van der Waals surface area contributed by atoms with E-state index in [1.165, 1.54) is 0 Å². The molecule has 0 amide bonds. The first-order valence-electron chi connectivity index (χ1n) is 6.06. The third-order valence-corrected chi connectivity index (χ3v) is 3.99. The second-order valence-corrected chi connectivity index (χ2v) is 5.64. The highest BCUT2D eigenvalue weighted by atomic mass is 32.1. The maximum atomic E-state index is 12.1. The zero-order valence-corrected chi connectivity index (χ0v) is 12.0. The van der Waals surface area contributed by atoms with Crippen LogP contribution >= 0.6 is 11.3 Å². The number of rotatable bonds is 3. The number of nitrogens with zero attached hydrogens (tertiary/aromatic N) is 3. The summed E-state index contributed by atoms with van der Waals surface area (Å²) >= 11 is 0.895. The zero-order valence-electron chi connectivity index (χ0n) is 11.2. The summed E-state index contributed by atoms with van der Waals surface area (Å²) in [6, 6.07) is 0. The van der Waals surface area contributed by atoms with Gasteiger partial charge in [0.05, 0.1) is 6.61 Å². The van der Waals surface area contributed by atoms with Gasteiger partial charge in [0.2, 0.25) is 5.96 Å². The molecule has 0 spiro atoms. The molecular weight excluding hydrogens is 300 g/mol. The van der Waals surface area contributed by atoms with Crippen LogP contribution in [0, 0.1) is 6.92 Å². The number of guanidine groups is 1. The number of aliphatic hydroxyl groups is 3. The predicted octanol–water partition coefficient (Wildman–Crippen LogP) is -1.52. The van der Waals surface area contributed by atoms with Crippen LogP contribution in [-0.2, 0) is 4.74 Å².